The minimum atomic E-state index is -0.523. The summed E-state index contributed by atoms with van der Waals surface area (Å²) >= 11 is 23.3. The van der Waals surface area contributed by atoms with Crippen LogP contribution in [0, 0.1) is 0 Å². The van der Waals surface area contributed by atoms with Crippen LogP contribution in [0.5, 0.6) is 0 Å². The summed E-state index contributed by atoms with van der Waals surface area (Å²) in [5.74, 6) is -0.523. The van der Waals surface area contributed by atoms with Crippen LogP contribution in [0.1, 0.15) is 23.3 Å². The fourth-order valence-corrected chi connectivity index (χ4v) is 2.26. The second kappa shape index (κ2) is 4.38. The Labute approximate surface area is 107 Å². The van der Waals surface area contributed by atoms with E-state index in [1.165, 1.54) is 0 Å². The first-order valence-electron chi connectivity index (χ1n) is 3.56. The Morgan fingerprint density at radius 3 is 2.07 bits per heavy atom. The van der Waals surface area contributed by atoms with Gasteiger partial charge in [-0.25, -0.2) is 4.79 Å². The summed E-state index contributed by atoms with van der Waals surface area (Å²) in [6.45, 7) is 0.0869. The zero-order valence-electron chi connectivity index (χ0n) is 6.54. The molecule has 15 heavy (non-hydrogen) atoms. The van der Waals surface area contributed by atoms with E-state index in [1.807, 2.05) is 0 Å². The van der Waals surface area contributed by atoms with Gasteiger partial charge in [0.25, 0.3) is 0 Å². The van der Waals surface area contributed by atoms with Gasteiger partial charge in [-0.05, 0) is 0 Å². The third kappa shape index (κ3) is 1.80. The van der Waals surface area contributed by atoms with Gasteiger partial charge < -0.3 is 4.74 Å². The van der Waals surface area contributed by atoms with Gasteiger partial charge in [0.15, 0.2) is 0 Å². The van der Waals surface area contributed by atoms with Crippen molar-refractivity contribution in [2.45, 2.75) is 14.0 Å². The summed E-state index contributed by atoms with van der Waals surface area (Å²) in [4.78, 5) is 11.2. The van der Waals surface area contributed by atoms with Crippen LogP contribution in [0.3, 0.4) is 0 Å². The van der Waals surface area contributed by atoms with Crippen molar-refractivity contribution in [3.63, 3.8) is 0 Å². The summed E-state index contributed by atoms with van der Waals surface area (Å²) in [6.07, 6.45) is 0. The standard InChI is InChI=1S/C8H2Cl4O2.CH4/c9-4-2-1-14-8(13)3(2)5(10)7(12)6(4)11;/h1H2;1H4. The summed E-state index contributed by atoms with van der Waals surface area (Å²) in [6, 6.07) is 0. The molecule has 0 spiro atoms. The van der Waals surface area contributed by atoms with Crippen LogP contribution in [0.2, 0.25) is 20.1 Å². The molecule has 1 aliphatic heterocycles. The summed E-state index contributed by atoms with van der Waals surface area (Å²) < 4.78 is 4.77. The van der Waals surface area contributed by atoms with Crippen molar-refractivity contribution in [1.82, 2.24) is 0 Å². The van der Waals surface area contributed by atoms with Gasteiger partial charge in [0, 0.05) is 5.56 Å². The van der Waals surface area contributed by atoms with Gasteiger partial charge in [0.2, 0.25) is 0 Å². The molecular weight excluding hydrogens is 282 g/mol. The van der Waals surface area contributed by atoms with Gasteiger partial charge in [-0.1, -0.05) is 53.8 Å². The molecule has 2 rings (SSSR count). The van der Waals surface area contributed by atoms with E-state index < -0.39 is 5.97 Å². The van der Waals surface area contributed by atoms with Crippen LogP contribution in [-0.2, 0) is 11.3 Å². The number of ether oxygens (including phenoxy) is 1. The van der Waals surface area contributed by atoms with E-state index in [2.05, 4.69) is 0 Å². The molecular formula is C9H6Cl4O2. The second-order valence-electron chi connectivity index (χ2n) is 2.69. The van der Waals surface area contributed by atoms with Gasteiger partial charge in [-0.15, -0.1) is 0 Å². The molecule has 0 unspecified atom stereocenters. The number of hydrogen-bond acceptors (Lipinski definition) is 2. The molecule has 0 radical (unpaired) electrons. The van der Waals surface area contributed by atoms with E-state index in [0.29, 0.717) is 5.56 Å². The molecule has 0 atom stereocenters. The lowest BCUT2D eigenvalue weighted by Gasteiger charge is -2.05. The number of halogens is 4. The molecule has 0 fully saturated rings. The predicted octanol–water partition coefficient (Wildman–Crippen LogP) is 4.61. The van der Waals surface area contributed by atoms with E-state index in [0.717, 1.165) is 0 Å². The fourth-order valence-electron chi connectivity index (χ4n) is 1.24. The molecule has 0 N–H and O–H groups in total. The van der Waals surface area contributed by atoms with E-state index in [1.54, 1.807) is 0 Å². The number of hydrogen-bond donors (Lipinski definition) is 0. The van der Waals surface area contributed by atoms with Crippen LogP contribution in [0.15, 0.2) is 0 Å². The number of carbonyl (C=O) groups is 1. The maximum Gasteiger partial charge on any atom is 0.340 e. The van der Waals surface area contributed by atoms with E-state index in [-0.39, 0.29) is 39.7 Å². The summed E-state index contributed by atoms with van der Waals surface area (Å²) in [7, 11) is 0. The van der Waals surface area contributed by atoms with E-state index in [9.17, 15) is 4.79 Å². The SMILES string of the molecule is C.O=C1OCc2c(Cl)c(Cl)c(Cl)c(Cl)c21. The smallest absolute Gasteiger partial charge is 0.340 e. The van der Waals surface area contributed by atoms with Crippen LogP contribution < -0.4 is 0 Å². The molecule has 1 aromatic carbocycles. The van der Waals surface area contributed by atoms with Gasteiger partial charge in [0.1, 0.15) is 6.61 Å². The molecule has 0 aromatic heterocycles. The molecule has 0 saturated carbocycles. The Morgan fingerprint density at radius 2 is 1.47 bits per heavy atom. The van der Waals surface area contributed by atoms with Crippen LogP contribution >= 0.6 is 46.4 Å². The maximum atomic E-state index is 11.2. The van der Waals surface area contributed by atoms with Gasteiger partial charge in [0.05, 0.1) is 25.7 Å². The number of esters is 1. The second-order valence-corrected chi connectivity index (χ2v) is 4.20. The number of carbonyl (C=O) groups excluding carboxylic acids is 1. The number of cyclic esters (lactones) is 1. The summed E-state index contributed by atoms with van der Waals surface area (Å²) in [5, 5.41) is 0.548. The van der Waals surface area contributed by atoms with E-state index >= 15 is 0 Å². The zero-order valence-corrected chi connectivity index (χ0v) is 9.56. The normalized spacial score (nSPS) is 13.2. The van der Waals surface area contributed by atoms with Crippen molar-refractivity contribution in [3.8, 4) is 0 Å². The molecule has 0 amide bonds. The molecule has 1 aromatic rings. The molecule has 0 saturated heterocycles. The Hall–Kier alpha value is -0.150. The number of rotatable bonds is 0. The zero-order chi connectivity index (χ0) is 10.5. The summed E-state index contributed by atoms with van der Waals surface area (Å²) in [5.41, 5.74) is 0.710. The van der Waals surface area contributed by atoms with Crippen molar-refractivity contribution in [1.29, 1.82) is 0 Å². The van der Waals surface area contributed by atoms with E-state index in [4.69, 9.17) is 51.1 Å². The minimum absolute atomic E-state index is 0. The van der Waals surface area contributed by atoms with Gasteiger partial charge >= 0.3 is 5.97 Å². The van der Waals surface area contributed by atoms with Crippen molar-refractivity contribution >= 4 is 52.4 Å². The molecule has 6 heteroatoms. The Kier molecular flexibility index (Phi) is 3.77. The molecule has 2 nitrogen and oxygen atoms in total. The Bertz CT molecular complexity index is 442. The fraction of sp³-hybridized carbons (Fsp3) is 0.222. The highest BCUT2D eigenvalue weighted by atomic mass is 35.5. The quantitative estimate of drug-likeness (QED) is 0.396. The molecule has 82 valence electrons. The monoisotopic (exact) mass is 286 g/mol. The molecule has 0 bridgehead atoms. The average Bonchev–Trinajstić information content (AvgIpc) is 2.54. The number of fused-ring (bicyclic) bond motifs is 1. The lowest BCUT2D eigenvalue weighted by molar-refractivity contribution is 0.0535. The average molecular weight is 288 g/mol. The lowest BCUT2D eigenvalue weighted by atomic mass is 10.1. The van der Waals surface area contributed by atoms with Crippen molar-refractivity contribution in [2.24, 2.45) is 0 Å². The first-order valence-corrected chi connectivity index (χ1v) is 5.07. The Morgan fingerprint density at radius 1 is 0.933 bits per heavy atom. The van der Waals surface area contributed by atoms with Crippen LogP contribution in [-0.4, -0.2) is 5.97 Å². The number of benzene rings is 1. The largest absolute Gasteiger partial charge is 0.457 e. The van der Waals surface area contributed by atoms with Crippen molar-refractivity contribution < 1.29 is 9.53 Å². The highest BCUT2D eigenvalue weighted by molar-refractivity contribution is 6.53. The van der Waals surface area contributed by atoms with Crippen LogP contribution in [0.4, 0.5) is 0 Å². The topological polar surface area (TPSA) is 26.3 Å². The van der Waals surface area contributed by atoms with Gasteiger partial charge in [-0.3, -0.25) is 0 Å². The third-order valence-electron chi connectivity index (χ3n) is 1.92. The Balaban J connectivity index is 0.00000112. The first kappa shape index (κ1) is 12.9. The first-order chi connectivity index (χ1) is 6.54. The third-order valence-corrected chi connectivity index (χ3v) is 3.76. The van der Waals surface area contributed by atoms with Crippen molar-refractivity contribution in [2.75, 3.05) is 0 Å². The maximum absolute atomic E-state index is 11.2. The minimum Gasteiger partial charge on any atom is -0.457 e. The molecule has 0 aliphatic carbocycles. The van der Waals surface area contributed by atoms with Crippen molar-refractivity contribution in [3.05, 3.63) is 31.2 Å². The highest BCUT2D eigenvalue weighted by Gasteiger charge is 2.30. The molecule has 1 heterocycles. The van der Waals surface area contributed by atoms with Crippen LogP contribution in [0.25, 0.3) is 0 Å². The lowest BCUT2D eigenvalue weighted by Crippen LogP contribution is -1.96. The van der Waals surface area contributed by atoms with Gasteiger partial charge in [-0.2, -0.15) is 0 Å². The molecule has 1 aliphatic rings. The predicted molar refractivity (Wildman–Crippen MR) is 62.3 cm³/mol. The highest BCUT2D eigenvalue weighted by Crippen LogP contribution is 2.43.